The van der Waals surface area contributed by atoms with E-state index in [0.29, 0.717) is 6.04 Å². The van der Waals surface area contributed by atoms with E-state index in [1.54, 1.807) is 24.7 Å². The number of carbonyl (C=O) groups excluding carboxylic acids is 1. The Balaban J connectivity index is 1.48. The van der Waals surface area contributed by atoms with Crippen LogP contribution in [0.4, 0.5) is 5.69 Å². The fourth-order valence-corrected chi connectivity index (χ4v) is 2.68. The van der Waals surface area contributed by atoms with Crippen LogP contribution in [0.15, 0.2) is 55.1 Å². The number of likely N-dealkylation sites (tertiary alicyclic amines) is 1. The third-order valence-corrected chi connectivity index (χ3v) is 3.94. The highest BCUT2D eigenvalue weighted by molar-refractivity contribution is 5.91. The lowest BCUT2D eigenvalue weighted by Crippen LogP contribution is -2.41. The minimum absolute atomic E-state index is 0.0636. The summed E-state index contributed by atoms with van der Waals surface area (Å²) in [4.78, 5) is 22.3. The molecule has 1 amide bonds. The number of amides is 1. The van der Waals surface area contributed by atoms with Crippen molar-refractivity contribution >= 4 is 17.7 Å². The number of nitrogens with zero attached hydrogens (tertiary/aromatic N) is 3. The van der Waals surface area contributed by atoms with Gasteiger partial charge >= 0.3 is 0 Å². The third-order valence-electron chi connectivity index (χ3n) is 3.94. The molecule has 1 saturated heterocycles. The average molecular weight is 308 g/mol. The molecule has 0 radical (unpaired) electrons. The number of piperidine rings is 1. The summed E-state index contributed by atoms with van der Waals surface area (Å²) < 4.78 is 0. The molecule has 1 fully saturated rings. The first-order valence-electron chi connectivity index (χ1n) is 7.85. The molecule has 0 bridgehead atoms. The number of nitrogens with one attached hydrogen (secondary N) is 1. The van der Waals surface area contributed by atoms with Gasteiger partial charge < -0.3 is 10.2 Å². The molecule has 0 aliphatic carbocycles. The van der Waals surface area contributed by atoms with E-state index in [0.717, 1.165) is 37.2 Å². The van der Waals surface area contributed by atoms with Gasteiger partial charge in [0.15, 0.2) is 0 Å². The molecule has 118 valence electrons. The molecule has 1 aliphatic rings. The van der Waals surface area contributed by atoms with Gasteiger partial charge in [-0.2, -0.15) is 0 Å². The lowest BCUT2D eigenvalue weighted by molar-refractivity contribution is -0.126. The van der Waals surface area contributed by atoms with Crippen LogP contribution in [0.3, 0.4) is 0 Å². The second kappa shape index (κ2) is 7.54. The second-order valence-corrected chi connectivity index (χ2v) is 5.61. The van der Waals surface area contributed by atoms with Crippen molar-refractivity contribution < 1.29 is 4.79 Å². The molecule has 0 spiro atoms. The Kier molecular flexibility index (Phi) is 4.99. The highest BCUT2D eigenvalue weighted by Gasteiger charge is 2.21. The van der Waals surface area contributed by atoms with Crippen LogP contribution in [-0.2, 0) is 4.79 Å². The number of carbonyl (C=O) groups is 1. The van der Waals surface area contributed by atoms with Gasteiger partial charge in [0.05, 0.1) is 5.69 Å². The smallest absolute Gasteiger partial charge is 0.246 e. The minimum atomic E-state index is 0.0636. The standard InChI is InChI=1S/C18H20N4O/c23-18(6-5-15-3-1-9-19-13-15)22-11-7-16(8-12-22)21-17-4-2-10-20-14-17/h1-6,9-10,13-14,16,21H,7-8,11-12H2. The van der Waals surface area contributed by atoms with E-state index >= 15 is 0 Å². The Morgan fingerprint density at radius 2 is 1.87 bits per heavy atom. The molecule has 0 aromatic carbocycles. The lowest BCUT2D eigenvalue weighted by atomic mass is 10.0. The van der Waals surface area contributed by atoms with Crippen LogP contribution < -0.4 is 5.32 Å². The number of aromatic nitrogens is 2. The summed E-state index contributed by atoms with van der Waals surface area (Å²) in [6.45, 7) is 1.54. The van der Waals surface area contributed by atoms with Crippen LogP contribution >= 0.6 is 0 Å². The zero-order valence-corrected chi connectivity index (χ0v) is 12.9. The molecule has 3 heterocycles. The first kappa shape index (κ1) is 15.2. The van der Waals surface area contributed by atoms with Gasteiger partial charge in [0.1, 0.15) is 0 Å². The van der Waals surface area contributed by atoms with Crippen molar-refractivity contribution in [1.29, 1.82) is 0 Å². The van der Waals surface area contributed by atoms with E-state index < -0.39 is 0 Å². The Bertz CT molecular complexity index is 649. The van der Waals surface area contributed by atoms with Crippen LogP contribution in [0.2, 0.25) is 0 Å². The number of pyridine rings is 2. The maximum atomic E-state index is 12.2. The fourth-order valence-electron chi connectivity index (χ4n) is 2.68. The van der Waals surface area contributed by atoms with E-state index in [4.69, 9.17) is 0 Å². The fraction of sp³-hybridized carbons (Fsp3) is 0.278. The van der Waals surface area contributed by atoms with Gasteiger partial charge in [-0.3, -0.25) is 14.8 Å². The maximum Gasteiger partial charge on any atom is 0.246 e. The SMILES string of the molecule is O=C(C=Cc1cccnc1)N1CCC(Nc2cccnc2)CC1. The Hall–Kier alpha value is -2.69. The summed E-state index contributed by atoms with van der Waals surface area (Å²) in [7, 11) is 0. The zero-order valence-electron chi connectivity index (χ0n) is 12.9. The second-order valence-electron chi connectivity index (χ2n) is 5.61. The monoisotopic (exact) mass is 308 g/mol. The van der Waals surface area contributed by atoms with Crippen molar-refractivity contribution in [2.75, 3.05) is 18.4 Å². The quantitative estimate of drug-likeness (QED) is 0.882. The summed E-state index contributed by atoms with van der Waals surface area (Å²) in [6, 6.07) is 8.12. The number of rotatable bonds is 4. The van der Waals surface area contributed by atoms with Crippen molar-refractivity contribution in [1.82, 2.24) is 14.9 Å². The molecule has 5 heteroatoms. The van der Waals surface area contributed by atoms with Crippen molar-refractivity contribution in [3.63, 3.8) is 0 Å². The molecular weight excluding hydrogens is 288 g/mol. The minimum Gasteiger partial charge on any atom is -0.381 e. The van der Waals surface area contributed by atoms with Crippen LogP contribution in [0, 0.1) is 0 Å². The zero-order chi connectivity index (χ0) is 15.9. The highest BCUT2D eigenvalue weighted by atomic mass is 16.2. The van der Waals surface area contributed by atoms with Crippen LogP contribution in [0.5, 0.6) is 0 Å². The summed E-state index contributed by atoms with van der Waals surface area (Å²) in [5, 5.41) is 3.47. The first-order chi connectivity index (χ1) is 11.3. The molecule has 23 heavy (non-hydrogen) atoms. The van der Waals surface area contributed by atoms with Gasteiger partial charge in [-0.1, -0.05) is 6.07 Å². The van der Waals surface area contributed by atoms with Gasteiger partial charge in [-0.15, -0.1) is 0 Å². The molecule has 1 aliphatic heterocycles. The normalized spacial score (nSPS) is 15.7. The van der Waals surface area contributed by atoms with Crippen LogP contribution in [0.1, 0.15) is 18.4 Å². The van der Waals surface area contributed by atoms with E-state index in [1.165, 1.54) is 0 Å². The Morgan fingerprint density at radius 3 is 2.52 bits per heavy atom. The molecule has 0 unspecified atom stereocenters. The molecule has 1 N–H and O–H groups in total. The number of hydrogen-bond donors (Lipinski definition) is 1. The Morgan fingerprint density at radius 1 is 1.13 bits per heavy atom. The average Bonchev–Trinajstić information content (AvgIpc) is 2.62. The van der Waals surface area contributed by atoms with Crippen LogP contribution in [-0.4, -0.2) is 39.9 Å². The molecule has 3 rings (SSSR count). The molecule has 5 nitrogen and oxygen atoms in total. The third kappa shape index (κ3) is 4.39. The summed E-state index contributed by atoms with van der Waals surface area (Å²) in [5.74, 6) is 0.0636. The summed E-state index contributed by atoms with van der Waals surface area (Å²) >= 11 is 0. The van der Waals surface area contributed by atoms with E-state index in [-0.39, 0.29) is 5.91 Å². The molecule has 0 atom stereocenters. The largest absolute Gasteiger partial charge is 0.381 e. The molecular formula is C18H20N4O. The number of anilines is 1. The van der Waals surface area contributed by atoms with Crippen molar-refractivity contribution in [2.24, 2.45) is 0 Å². The van der Waals surface area contributed by atoms with Gasteiger partial charge in [0, 0.05) is 50.0 Å². The van der Waals surface area contributed by atoms with Gasteiger partial charge in [-0.25, -0.2) is 0 Å². The van der Waals surface area contributed by atoms with Crippen molar-refractivity contribution in [2.45, 2.75) is 18.9 Å². The Labute approximate surface area is 136 Å². The maximum absolute atomic E-state index is 12.2. The molecule has 2 aromatic heterocycles. The van der Waals surface area contributed by atoms with Crippen LogP contribution in [0.25, 0.3) is 6.08 Å². The predicted octanol–water partition coefficient (Wildman–Crippen LogP) is 2.59. The van der Waals surface area contributed by atoms with Crippen molar-refractivity contribution in [3.05, 3.63) is 60.7 Å². The summed E-state index contributed by atoms with van der Waals surface area (Å²) in [5.41, 5.74) is 1.97. The van der Waals surface area contributed by atoms with E-state index in [1.807, 2.05) is 41.4 Å². The van der Waals surface area contributed by atoms with E-state index in [2.05, 4.69) is 15.3 Å². The van der Waals surface area contributed by atoms with Gasteiger partial charge in [-0.05, 0) is 42.7 Å². The van der Waals surface area contributed by atoms with Gasteiger partial charge in [0.2, 0.25) is 5.91 Å². The molecule has 2 aromatic rings. The predicted molar refractivity (Wildman–Crippen MR) is 90.7 cm³/mol. The lowest BCUT2D eigenvalue weighted by Gasteiger charge is -2.32. The van der Waals surface area contributed by atoms with E-state index in [9.17, 15) is 4.79 Å². The first-order valence-corrected chi connectivity index (χ1v) is 7.85. The topological polar surface area (TPSA) is 58.1 Å². The highest BCUT2D eigenvalue weighted by Crippen LogP contribution is 2.16. The van der Waals surface area contributed by atoms with Gasteiger partial charge in [0.25, 0.3) is 0 Å². The summed E-state index contributed by atoms with van der Waals surface area (Å²) in [6.07, 6.45) is 12.4. The number of hydrogen-bond acceptors (Lipinski definition) is 4. The van der Waals surface area contributed by atoms with Crippen molar-refractivity contribution in [3.8, 4) is 0 Å². The molecule has 0 saturated carbocycles.